The molecular weight excluding hydrogens is 321 g/mol. The third-order valence-corrected chi connectivity index (χ3v) is 4.56. The summed E-state index contributed by atoms with van der Waals surface area (Å²) >= 11 is 11.8. The van der Waals surface area contributed by atoms with E-state index >= 15 is 0 Å². The van der Waals surface area contributed by atoms with Crippen LogP contribution in [0.5, 0.6) is 5.75 Å². The van der Waals surface area contributed by atoms with Gasteiger partial charge in [0, 0.05) is 5.39 Å². The average molecular weight is 338 g/mol. The number of carbonyl (C=O) groups is 1. The number of pyridine rings is 1. The molecule has 0 spiro atoms. The summed E-state index contributed by atoms with van der Waals surface area (Å²) < 4.78 is 6.16. The Morgan fingerprint density at radius 2 is 1.91 bits per heavy atom. The van der Waals surface area contributed by atoms with Crippen LogP contribution in [-0.2, 0) is 0 Å². The molecule has 0 N–H and O–H groups in total. The van der Waals surface area contributed by atoms with E-state index in [1.54, 1.807) is 0 Å². The summed E-state index contributed by atoms with van der Waals surface area (Å²) in [5.41, 5.74) is 0.749. The van der Waals surface area contributed by atoms with E-state index in [2.05, 4.69) is 4.98 Å². The number of halogens is 2. The van der Waals surface area contributed by atoms with Crippen molar-refractivity contribution in [3.63, 3.8) is 0 Å². The minimum absolute atomic E-state index is 0.149. The highest BCUT2D eigenvalue weighted by Gasteiger charge is 2.17. The molecule has 1 fully saturated rings. The Morgan fingerprint density at radius 3 is 2.59 bits per heavy atom. The fourth-order valence-electron chi connectivity index (χ4n) is 2.92. The van der Waals surface area contributed by atoms with Gasteiger partial charge in [0.1, 0.15) is 17.0 Å². The Bertz CT molecular complexity index is 694. The molecule has 0 aliphatic heterocycles. The summed E-state index contributed by atoms with van der Waals surface area (Å²) in [6, 6.07) is 7.13. The molecule has 1 aromatic carbocycles. The number of hydrogen-bond acceptors (Lipinski definition) is 3. The van der Waals surface area contributed by atoms with Crippen LogP contribution in [0.3, 0.4) is 0 Å². The fraction of sp³-hybridized carbons (Fsp3) is 0.412. The van der Waals surface area contributed by atoms with Crippen molar-refractivity contribution in [3.05, 3.63) is 35.0 Å². The van der Waals surface area contributed by atoms with Crippen molar-refractivity contribution in [2.45, 2.75) is 44.6 Å². The van der Waals surface area contributed by atoms with Crippen LogP contribution < -0.4 is 4.74 Å². The molecule has 0 saturated heterocycles. The first-order chi connectivity index (χ1) is 10.6. The quantitative estimate of drug-likeness (QED) is 0.558. The van der Waals surface area contributed by atoms with Gasteiger partial charge in [0.2, 0.25) is 0 Å². The number of nitrogens with zero attached hydrogens (tertiary/aromatic N) is 1. The van der Waals surface area contributed by atoms with E-state index in [9.17, 15) is 4.79 Å². The first kappa shape index (κ1) is 15.6. The Kier molecular flexibility index (Phi) is 4.84. The first-order valence-corrected chi connectivity index (χ1v) is 8.36. The highest BCUT2D eigenvalue weighted by Crippen LogP contribution is 2.32. The normalized spacial score (nSPS) is 16.5. The van der Waals surface area contributed by atoms with E-state index in [-0.39, 0.29) is 11.8 Å². The topological polar surface area (TPSA) is 39.2 Å². The number of carbonyl (C=O) groups excluding carboxylic acids is 1. The number of fused-ring (bicyclic) bond motifs is 1. The number of para-hydroxylation sites is 1. The third kappa shape index (κ3) is 3.36. The smallest absolute Gasteiger partial charge is 0.270 e. The molecule has 1 heterocycles. The van der Waals surface area contributed by atoms with Gasteiger partial charge in [0.25, 0.3) is 5.24 Å². The monoisotopic (exact) mass is 337 g/mol. The number of aromatic nitrogens is 1. The van der Waals surface area contributed by atoms with E-state index < -0.39 is 5.24 Å². The summed E-state index contributed by atoms with van der Waals surface area (Å²) in [6.07, 6.45) is 7.22. The van der Waals surface area contributed by atoms with Crippen LogP contribution in [0.15, 0.2) is 24.3 Å². The molecule has 5 heteroatoms. The lowest BCUT2D eigenvalue weighted by Crippen LogP contribution is -2.15. The highest BCUT2D eigenvalue weighted by atomic mass is 35.5. The summed E-state index contributed by atoms with van der Waals surface area (Å²) in [4.78, 5) is 15.7. The lowest BCUT2D eigenvalue weighted by Gasteiger charge is -2.18. The van der Waals surface area contributed by atoms with Gasteiger partial charge in [-0.15, -0.1) is 0 Å². The molecule has 1 saturated carbocycles. The van der Waals surface area contributed by atoms with E-state index in [1.165, 1.54) is 31.7 Å². The molecule has 0 amide bonds. The number of hydrogen-bond donors (Lipinski definition) is 0. The SMILES string of the molecule is O=C(Cl)c1cc(Cl)c2cccc(OC3CCCCCC3)c2n1. The molecular formula is C17H17Cl2NO2. The number of benzene rings is 1. The van der Waals surface area contributed by atoms with Crippen LogP contribution in [0.4, 0.5) is 0 Å². The Morgan fingerprint density at radius 1 is 1.18 bits per heavy atom. The van der Waals surface area contributed by atoms with Crippen molar-refractivity contribution in [1.29, 1.82) is 0 Å². The summed E-state index contributed by atoms with van der Waals surface area (Å²) in [7, 11) is 0. The molecule has 2 aromatic rings. The summed E-state index contributed by atoms with van der Waals surface area (Å²) in [5.74, 6) is 0.672. The first-order valence-electron chi connectivity index (χ1n) is 7.61. The van der Waals surface area contributed by atoms with Crippen LogP contribution in [0, 0.1) is 0 Å². The van der Waals surface area contributed by atoms with Crippen LogP contribution in [-0.4, -0.2) is 16.3 Å². The van der Waals surface area contributed by atoms with Gasteiger partial charge < -0.3 is 4.74 Å². The van der Waals surface area contributed by atoms with Crippen LogP contribution in [0.2, 0.25) is 5.02 Å². The molecule has 116 valence electrons. The minimum atomic E-state index is -0.618. The fourth-order valence-corrected chi connectivity index (χ4v) is 3.27. The predicted molar refractivity (Wildman–Crippen MR) is 89.1 cm³/mol. The minimum Gasteiger partial charge on any atom is -0.488 e. The molecule has 1 aliphatic carbocycles. The lowest BCUT2D eigenvalue weighted by atomic mass is 10.1. The number of ether oxygens (including phenoxy) is 1. The third-order valence-electron chi connectivity index (χ3n) is 4.05. The molecule has 1 aliphatic rings. The van der Waals surface area contributed by atoms with Crippen molar-refractivity contribution < 1.29 is 9.53 Å². The van der Waals surface area contributed by atoms with Crippen molar-refractivity contribution >= 4 is 39.3 Å². The Hall–Kier alpha value is -1.32. The van der Waals surface area contributed by atoms with Crippen molar-refractivity contribution in [2.24, 2.45) is 0 Å². The van der Waals surface area contributed by atoms with Crippen LogP contribution in [0.1, 0.15) is 49.0 Å². The van der Waals surface area contributed by atoms with Gasteiger partial charge >= 0.3 is 0 Å². The molecule has 0 atom stereocenters. The maximum Gasteiger partial charge on any atom is 0.270 e. The number of rotatable bonds is 3. The van der Waals surface area contributed by atoms with E-state index in [0.717, 1.165) is 18.2 Å². The van der Waals surface area contributed by atoms with E-state index in [1.807, 2.05) is 18.2 Å². The highest BCUT2D eigenvalue weighted by molar-refractivity contribution is 6.67. The maximum atomic E-state index is 11.4. The van der Waals surface area contributed by atoms with Crippen molar-refractivity contribution in [2.75, 3.05) is 0 Å². The van der Waals surface area contributed by atoms with Gasteiger partial charge in [-0.25, -0.2) is 4.98 Å². The van der Waals surface area contributed by atoms with Crippen molar-refractivity contribution in [3.8, 4) is 5.75 Å². The zero-order chi connectivity index (χ0) is 15.5. The van der Waals surface area contributed by atoms with Gasteiger partial charge in [-0.05, 0) is 49.4 Å². The standard InChI is InChI=1S/C17H17Cl2NO2/c18-13-10-14(17(19)21)20-16-12(13)8-5-9-15(16)22-11-6-3-1-2-4-7-11/h5,8-11H,1-4,6-7H2. The molecule has 3 rings (SSSR count). The van der Waals surface area contributed by atoms with Gasteiger partial charge in [-0.3, -0.25) is 4.79 Å². The second kappa shape index (κ2) is 6.84. The van der Waals surface area contributed by atoms with E-state index in [0.29, 0.717) is 16.3 Å². The summed E-state index contributed by atoms with van der Waals surface area (Å²) in [6.45, 7) is 0. The van der Waals surface area contributed by atoms with Gasteiger partial charge in [-0.2, -0.15) is 0 Å². The Labute approximate surface area is 139 Å². The van der Waals surface area contributed by atoms with E-state index in [4.69, 9.17) is 27.9 Å². The molecule has 3 nitrogen and oxygen atoms in total. The summed E-state index contributed by atoms with van der Waals surface area (Å²) in [5, 5.41) is 0.614. The van der Waals surface area contributed by atoms with Crippen molar-refractivity contribution in [1.82, 2.24) is 4.98 Å². The zero-order valence-electron chi connectivity index (χ0n) is 12.1. The molecule has 22 heavy (non-hydrogen) atoms. The Balaban J connectivity index is 1.99. The van der Waals surface area contributed by atoms with Gasteiger partial charge in [-0.1, -0.05) is 36.6 Å². The predicted octanol–water partition coefficient (Wildman–Crippen LogP) is 5.37. The molecule has 0 bridgehead atoms. The van der Waals surface area contributed by atoms with Gasteiger partial charge in [0.05, 0.1) is 11.1 Å². The van der Waals surface area contributed by atoms with Crippen LogP contribution >= 0.6 is 23.2 Å². The molecule has 1 aromatic heterocycles. The maximum absolute atomic E-state index is 11.4. The largest absolute Gasteiger partial charge is 0.488 e. The lowest BCUT2D eigenvalue weighted by molar-refractivity contribution is 0.107. The molecule has 0 radical (unpaired) electrons. The van der Waals surface area contributed by atoms with Gasteiger partial charge in [0.15, 0.2) is 0 Å². The second-order valence-corrected chi connectivity index (χ2v) is 6.40. The second-order valence-electron chi connectivity index (χ2n) is 5.65. The average Bonchev–Trinajstić information content (AvgIpc) is 2.76. The van der Waals surface area contributed by atoms with Crippen LogP contribution in [0.25, 0.3) is 10.9 Å². The zero-order valence-corrected chi connectivity index (χ0v) is 13.7. The molecule has 0 unspecified atom stereocenters.